The zero-order chi connectivity index (χ0) is 5.41. The van der Waals surface area contributed by atoms with E-state index in [1.54, 1.807) is 0 Å². The van der Waals surface area contributed by atoms with E-state index in [-0.39, 0.29) is 22.5 Å². The summed E-state index contributed by atoms with van der Waals surface area (Å²) < 4.78 is 16.7. The fourth-order valence-corrected chi connectivity index (χ4v) is 0. The van der Waals surface area contributed by atoms with Crippen LogP contribution in [0, 0.1) is 0 Å². The molecule has 0 unspecified atom stereocenters. The van der Waals surface area contributed by atoms with E-state index in [1.165, 1.54) is 0 Å². The Bertz CT molecular complexity index is 31.4. The quantitative estimate of drug-likeness (QED) is 0.347. The molecule has 0 bridgehead atoms. The Kier molecular flexibility index (Phi) is 144. The summed E-state index contributed by atoms with van der Waals surface area (Å²) in [5, 5.41) is 0. The first-order chi connectivity index (χ1) is 2.83. The Morgan fingerprint density at radius 2 is 1.00 bits per heavy atom. The molecule has 0 aliphatic rings. The third-order valence-electron chi connectivity index (χ3n) is 0. The summed E-state index contributed by atoms with van der Waals surface area (Å²) in [4.78, 5) is 16.7. The first kappa shape index (κ1) is 23.5. The molecule has 0 rings (SSSR count). The number of hydrogen-bond donors (Lipinski definition) is 0. The maximum atomic E-state index is 8.35. The number of rotatable bonds is 0. The average Bonchev–Trinajstić information content (AvgIpc) is 1.39. The molecule has 2 N–H and O–H groups in total. The fourth-order valence-electron chi connectivity index (χ4n) is 0. The van der Waals surface area contributed by atoms with Crippen LogP contribution in [0.1, 0.15) is 0 Å². The van der Waals surface area contributed by atoms with Gasteiger partial charge in [-0.15, -0.1) is 0 Å². The summed E-state index contributed by atoms with van der Waals surface area (Å²) >= 11 is 0. The van der Waals surface area contributed by atoms with Crippen molar-refractivity contribution in [1.82, 2.24) is 0 Å². The zero-order valence-corrected chi connectivity index (χ0v) is 6.06. The van der Waals surface area contributed by atoms with Gasteiger partial charge in [0.05, 0.1) is 17.4 Å². The third kappa shape index (κ3) is 576. The van der Waals surface area contributed by atoms with Crippen LogP contribution in [-0.4, -0.2) is 5.48 Å². The Balaban J connectivity index is -0.0000000160. The van der Waals surface area contributed by atoms with Gasteiger partial charge in [-0.25, -0.2) is 0 Å². The molecule has 0 heterocycles. The smallest absolute Gasteiger partial charge is 0.772 e. The van der Waals surface area contributed by atoms with E-state index >= 15 is 0 Å². The molecule has 0 saturated heterocycles. The van der Waals surface area contributed by atoms with Crippen LogP contribution < -0.4 is 9.79 Å². The fraction of sp³-hybridized carbons (Fsp3) is 0. The third-order valence-corrected chi connectivity index (χ3v) is 0. The molecule has 0 spiro atoms. The van der Waals surface area contributed by atoms with E-state index < -0.39 is 17.4 Å². The summed E-state index contributed by atoms with van der Waals surface area (Å²) in [6, 6.07) is 0. The van der Waals surface area contributed by atoms with Gasteiger partial charge in [-0.2, -0.15) is 0 Å². The summed E-state index contributed by atoms with van der Waals surface area (Å²) in [6.07, 6.45) is 0. The van der Waals surface area contributed by atoms with Crippen molar-refractivity contribution in [2.75, 3.05) is 0 Å². The first-order valence-corrected chi connectivity index (χ1v) is 2.19. The molecule has 5 nitrogen and oxygen atoms in total. The van der Waals surface area contributed by atoms with Crippen LogP contribution in [0.4, 0.5) is 0 Å². The topological polar surface area (TPSA) is 112 Å². The molecule has 53 valence electrons. The molecule has 0 aromatic heterocycles. The molecule has 8 heteroatoms. The molecule has 0 aliphatic heterocycles. The van der Waals surface area contributed by atoms with Crippen LogP contribution in [-0.2, 0) is 26.2 Å². The molecule has 0 aromatic rings. The Morgan fingerprint density at radius 1 is 1.00 bits per heavy atom. The molecule has 8 heavy (non-hydrogen) atoms. The molecule has 0 amide bonds. The van der Waals surface area contributed by atoms with Gasteiger partial charge in [-0.3, -0.25) is 9.13 Å². The van der Waals surface area contributed by atoms with Crippen molar-refractivity contribution in [2.24, 2.45) is 0 Å². The van der Waals surface area contributed by atoms with Gasteiger partial charge in [0.15, 0.2) is 0 Å². The van der Waals surface area contributed by atoms with Crippen molar-refractivity contribution in [1.29, 1.82) is 0 Å². The summed E-state index contributed by atoms with van der Waals surface area (Å²) in [5.41, 5.74) is 0. The van der Waals surface area contributed by atoms with Gasteiger partial charge in [0.2, 0.25) is 0 Å². The number of hydrogen-bond acceptors (Lipinski definition) is 4. The van der Waals surface area contributed by atoms with Gasteiger partial charge in [-0.05, 0) is 0 Å². The largest absolute Gasteiger partial charge is 2.00 e. The molecule has 1 radical (unpaired) electrons. The van der Waals surface area contributed by atoms with Crippen LogP contribution >= 0.6 is 17.4 Å². The monoisotopic (exact) mass is 207 g/mol. The zero-order valence-electron chi connectivity index (χ0n) is 3.33. The van der Waals surface area contributed by atoms with Crippen molar-refractivity contribution < 1.29 is 41.5 Å². The van der Waals surface area contributed by atoms with Gasteiger partial charge in [0.25, 0.3) is 0 Å². The van der Waals surface area contributed by atoms with Gasteiger partial charge >= 0.3 is 17.1 Å². The van der Waals surface area contributed by atoms with E-state index in [0.29, 0.717) is 0 Å². The predicted molar refractivity (Wildman–Crippen MR) is 18.8 cm³/mol. The average molecular weight is 208 g/mol. The Labute approximate surface area is 59.5 Å². The van der Waals surface area contributed by atoms with E-state index in [4.69, 9.17) is 18.9 Å². The van der Waals surface area contributed by atoms with Crippen molar-refractivity contribution in [3.8, 4) is 0 Å². The van der Waals surface area contributed by atoms with Crippen LogP contribution in [0.5, 0.6) is 0 Å². The minimum Gasteiger partial charge on any atom is -0.772 e. The van der Waals surface area contributed by atoms with Crippen LogP contribution in [0.3, 0.4) is 0 Å². The minimum absolute atomic E-state index is 0. The summed E-state index contributed by atoms with van der Waals surface area (Å²) in [7, 11) is -2.17. The molecule has 0 fully saturated rings. The predicted octanol–water partition coefficient (Wildman–Crippen LogP) is -1.72. The van der Waals surface area contributed by atoms with E-state index in [9.17, 15) is 0 Å². The minimum atomic E-state index is -1.08. The van der Waals surface area contributed by atoms with E-state index in [1.807, 2.05) is 0 Å². The molecular formula is H2CuO5P2. The first-order valence-electron chi connectivity index (χ1n) is 0.730. The SMILES string of the molecule is O.O=P[O-].O=P[O-].[Cu+2]. The van der Waals surface area contributed by atoms with E-state index in [2.05, 4.69) is 0 Å². The summed E-state index contributed by atoms with van der Waals surface area (Å²) in [5.74, 6) is 0. The van der Waals surface area contributed by atoms with Crippen LogP contribution in [0.2, 0.25) is 0 Å². The van der Waals surface area contributed by atoms with Crippen molar-refractivity contribution in [3.63, 3.8) is 0 Å². The van der Waals surface area contributed by atoms with Crippen LogP contribution in [0.15, 0.2) is 0 Å². The molecule has 0 aromatic carbocycles. The molecule has 0 saturated carbocycles. The van der Waals surface area contributed by atoms with Crippen molar-refractivity contribution in [3.05, 3.63) is 0 Å². The molecule has 0 aliphatic carbocycles. The second-order valence-electron chi connectivity index (χ2n) is 0.149. The molecular weight excluding hydrogens is 205 g/mol. The Hall–Kier alpha value is 0.599. The second-order valence-corrected chi connectivity index (χ2v) is 0.447. The summed E-state index contributed by atoms with van der Waals surface area (Å²) in [6.45, 7) is 0. The van der Waals surface area contributed by atoms with Crippen molar-refractivity contribution in [2.45, 2.75) is 0 Å². The van der Waals surface area contributed by atoms with Gasteiger partial charge < -0.3 is 15.3 Å². The maximum absolute atomic E-state index is 8.35. The van der Waals surface area contributed by atoms with E-state index in [0.717, 1.165) is 0 Å². The van der Waals surface area contributed by atoms with Gasteiger partial charge in [0, 0.05) is 0 Å². The molecule has 0 atom stereocenters. The Morgan fingerprint density at radius 3 is 1.00 bits per heavy atom. The normalized spacial score (nSPS) is 5.25. The van der Waals surface area contributed by atoms with Crippen LogP contribution in [0.25, 0.3) is 0 Å². The van der Waals surface area contributed by atoms with Gasteiger partial charge in [-0.1, -0.05) is 0 Å². The second kappa shape index (κ2) is 49.0. The van der Waals surface area contributed by atoms with Crippen molar-refractivity contribution >= 4 is 17.4 Å². The standard InChI is InChI=1S/Cu.2HO2P.H2O/c;2*1-3-2;/h;2*(H,1,2);1H2/q+2;;;/p-2. The maximum Gasteiger partial charge on any atom is 2.00 e. The van der Waals surface area contributed by atoms with Gasteiger partial charge in [0.1, 0.15) is 0 Å².